The highest BCUT2D eigenvalue weighted by atomic mass is 16.4. The van der Waals surface area contributed by atoms with E-state index in [0.29, 0.717) is 5.92 Å². The van der Waals surface area contributed by atoms with Gasteiger partial charge in [0.2, 0.25) is 0 Å². The molecule has 1 N–H and O–H groups in total. The number of fused-ring (bicyclic) bond motifs is 1. The van der Waals surface area contributed by atoms with Crippen molar-refractivity contribution in [2.24, 2.45) is 0 Å². The van der Waals surface area contributed by atoms with E-state index in [-0.39, 0.29) is 0 Å². The van der Waals surface area contributed by atoms with Crippen LogP contribution in [0.1, 0.15) is 43.4 Å². The van der Waals surface area contributed by atoms with E-state index in [4.69, 9.17) is 5.11 Å². The summed E-state index contributed by atoms with van der Waals surface area (Å²) in [4.78, 5) is 13.1. The maximum atomic E-state index is 11.0. The molecule has 0 saturated heterocycles. The molecule has 1 aromatic rings. The van der Waals surface area contributed by atoms with Crippen LogP contribution in [0, 0.1) is 0 Å². The summed E-state index contributed by atoms with van der Waals surface area (Å²) in [5.41, 5.74) is 3.99. The molecule has 1 aliphatic rings. The van der Waals surface area contributed by atoms with Gasteiger partial charge in [-0.2, -0.15) is 0 Å². The molecule has 1 unspecified atom stereocenters. The van der Waals surface area contributed by atoms with Gasteiger partial charge in [0.05, 0.1) is 0 Å². The Labute approximate surface area is 108 Å². The molecule has 0 aromatic heterocycles. The number of carbonyl (C=O) groups is 1. The lowest BCUT2D eigenvalue weighted by molar-refractivity contribution is -0.143. The van der Waals surface area contributed by atoms with Crippen LogP contribution in [-0.4, -0.2) is 28.6 Å². The molecule has 0 spiro atoms. The lowest BCUT2D eigenvalue weighted by Gasteiger charge is -2.32. The highest BCUT2D eigenvalue weighted by Gasteiger charge is 2.25. The van der Waals surface area contributed by atoms with Crippen LogP contribution in [0.5, 0.6) is 0 Å². The standard InChI is InChI=1S/C15H21NO2/c1-10(2)13-5-4-12-6-7-16(9-14(12)8-13)11(3)15(17)18/h4-5,8,10-11H,6-7,9H2,1-3H3,(H,17,18). The number of carboxylic acid groups (broad SMARTS) is 1. The van der Waals surface area contributed by atoms with Crippen LogP contribution in [-0.2, 0) is 17.8 Å². The Balaban J connectivity index is 2.22. The molecule has 0 saturated carbocycles. The minimum Gasteiger partial charge on any atom is -0.480 e. The van der Waals surface area contributed by atoms with Crippen LogP contribution >= 0.6 is 0 Å². The molecule has 1 aromatic carbocycles. The summed E-state index contributed by atoms with van der Waals surface area (Å²) >= 11 is 0. The number of aliphatic carboxylic acids is 1. The third-order valence-electron chi connectivity index (χ3n) is 3.84. The first-order valence-corrected chi connectivity index (χ1v) is 6.57. The third-order valence-corrected chi connectivity index (χ3v) is 3.84. The summed E-state index contributed by atoms with van der Waals surface area (Å²) in [5.74, 6) is -0.221. The maximum absolute atomic E-state index is 11.0. The molecule has 3 heteroatoms. The molecule has 18 heavy (non-hydrogen) atoms. The van der Waals surface area contributed by atoms with Gasteiger partial charge in [-0.05, 0) is 36.0 Å². The summed E-state index contributed by atoms with van der Waals surface area (Å²) in [6.07, 6.45) is 0.950. The van der Waals surface area contributed by atoms with Crippen LogP contribution in [0.25, 0.3) is 0 Å². The van der Waals surface area contributed by atoms with Gasteiger partial charge in [0, 0.05) is 13.1 Å². The zero-order valence-electron chi connectivity index (χ0n) is 11.3. The average molecular weight is 247 g/mol. The van der Waals surface area contributed by atoms with E-state index in [0.717, 1.165) is 19.5 Å². The largest absolute Gasteiger partial charge is 0.480 e. The Morgan fingerprint density at radius 2 is 2.00 bits per heavy atom. The minimum absolute atomic E-state index is 0.402. The fourth-order valence-corrected chi connectivity index (χ4v) is 2.44. The second-order valence-electron chi connectivity index (χ2n) is 5.42. The van der Waals surface area contributed by atoms with Gasteiger partial charge in [-0.15, -0.1) is 0 Å². The predicted octanol–water partition coefficient (Wildman–Crippen LogP) is 2.64. The molecule has 1 heterocycles. The number of benzene rings is 1. The summed E-state index contributed by atoms with van der Waals surface area (Å²) in [5, 5.41) is 9.08. The van der Waals surface area contributed by atoms with Gasteiger partial charge in [0.25, 0.3) is 0 Å². The number of rotatable bonds is 3. The number of hydrogen-bond donors (Lipinski definition) is 1. The van der Waals surface area contributed by atoms with Crippen LogP contribution in [0.4, 0.5) is 0 Å². The molecule has 3 nitrogen and oxygen atoms in total. The number of nitrogens with zero attached hydrogens (tertiary/aromatic N) is 1. The highest BCUT2D eigenvalue weighted by Crippen LogP contribution is 2.25. The fourth-order valence-electron chi connectivity index (χ4n) is 2.44. The van der Waals surface area contributed by atoms with E-state index in [1.54, 1.807) is 6.92 Å². The second kappa shape index (κ2) is 5.11. The smallest absolute Gasteiger partial charge is 0.320 e. The van der Waals surface area contributed by atoms with E-state index < -0.39 is 12.0 Å². The van der Waals surface area contributed by atoms with Crippen molar-refractivity contribution >= 4 is 5.97 Å². The molecule has 1 aliphatic heterocycles. The van der Waals surface area contributed by atoms with Gasteiger partial charge in [0.1, 0.15) is 6.04 Å². The Bertz CT molecular complexity index is 454. The molecule has 98 valence electrons. The quantitative estimate of drug-likeness (QED) is 0.892. The van der Waals surface area contributed by atoms with Crippen molar-refractivity contribution in [2.75, 3.05) is 6.54 Å². The zero-order chi connectivity index (χ0) is 13.3. The lowest BCUT2D eigenvalue weighted by atomic mass is 9.93. The highest BCUT2D eigenvalue weighted by molar-refractivity contribution is 5.72. The van der Waals surface area contributed by atoms with Gasteiger partial charge >= 0.3 is 5.97 Å². The Morgan fingerprint density at radius 1 is 1.28 bits per heavy atom. The fraction of sp³-hybridized carbons (Fsp3) is 0.533. The SMILES string of the molecule is CC(C)c1ccc2c(c1)CN(C(C)C(=O)O)CC2. The van der Waals surface area contributed by atoms with Crippen LogP contribution in [0.3, 0.4) is 0 Å². The second-order valence-corrected chi connectivity index (χ2v) is 5.42. The van der Waals surface area contributed by atoms with Gasteiger partial charge in [-0.1, -0.05) is 32.0 Å². The van der Waals surface area contributed by atoms with Crippen molar-refractivity contribution in [3.05, 3.63) is 34.9 Å². The molecule has 0 fully saturated rings. The number of hydrogen-bond acceptors (Lipinski definition) is 2. The van der Waals surface area contributed by atoms with Crippen molar-refractivity contribution in [1.82, 2.24) is 4.90 Å². The molecule has 0 aliphatic carbocycles. The molecule has 0 amide bonds. The van der Waals surface area contributed by atoms with E-state index in [1.807, 2.05) is 4.90 Å². The molecule has 2 rings (SSSR count). The first-order valence-electron chi connectivity index (χ1n) is 6.57. The maximum Gasteiger partial charge on any atom is 0.320 e. The van der Waals surface area contributed by atoms with E-state index >= 15 is 0 Å². The van der Waals surface area contributed by atoms with E-state index in [9.17, 15) is 4.79 Å². The lowest BCUT2D eigenvalue weighted by Crippen LogP contribution is -2.42. The molecular weight excluding hydrogens is 226 g/mol. The average Bonchev–Trinajstić information content (AvgIpc) is 2.36. The van der Waals surface area contributed by atoms with Crippen molar-refractivity contribution in [2.45, 2.75) is 45.7 Å². The third kappa shape index (κ3) is 2.56. The van der Waals surface area contributed by atoms with Gasteiger partial charge in [-0.3, -0.25) is 9.69 Å². The normalized spacial score (nSPS) is 17.6. The Morgan fingerprint density at radius 3 is 2.61 bits per heavy atom. The van der Waals surface area contributed by atoms with Crippen molar-refractivity contribution in [3.63, 3.8) is 0 Å². The minimum atomic E-state index is -0.738. The Kier molecular flexibility index (Phi) is 3.71. The van der Waals surface area contributed by atoms with Gasteiger partial charge in [0.15, 0.2) is 0 Å². The molecule has 1 atom stereocenters. The molecular formula is C15H21NO2. The topological polar surface area (TPSA) is 40.5 Å². The summed E-state index contributed by atoms with van der Waals surface area (Å²) in [6, 6.07) is 6.23. The first kappa shape index (κ1) is 13.1. The van der Waals surface area contributed by atoms with Crippen LogP contribution in [0.2, 0.25) is 0 Å². The van der Waals surface area contributed by atoms with E-state index in [1.165, 1.54) is 16.7 Å². The summed E-state index contributed by atoms with van der Waals surface area (Å²) < 4.78 is 0. The van der Waals surface area contributed by atoms with Crippen molar-refractivity contribution in [3.8, 4) is 0 Å². The predicted molar refractivity (Wildman–Crippen MR) is 71.7 cm³/mol. The summed E-state index contributed by atoms with van der Waals surface area (Å²) in [7, 11) is 0. The summed E-state index contributed by atoms with van der Waals surface area (Å²) in [6.45, 7) is 7.72. The number of carboxylic acids is 1. The van der Waals surface area contributed by atoms with Crippen molar-refractivity contribution in [1.29, 1.82) is 0 Å². The van der Waals surface area contributed by atoms with Gasteiger partial charge < -0.3 is 5.11 Å². The Hall–Kier alpha value is -1.35. The zero-order valence-corrected chi connectivity index (χ0v) is 11.3. The molecule has 0 radical (unpaired) electrons. The van der Waals surface area contributed by atoms with Crippen molar-refractivity contribution < 1.29 is 9.90 Å². The molecule has 0 bridgehead atoms. The monoisotopic (exact) mass is 247 g/mol. The van der Waals surface area contributed by atoms with Crippen LogP contribution in [0.15, 0.2) is 18.2 Å². The van der Waals surface area contributed by atoms with E-state index in [2.05, 4.69) is 32.0 Å². The van der Waals surface area contributed by atoms with Crippen LogP contribution < -0.4 is 0 Å². The van der Waals surface area contributed by atoms with Gasteiger partial charge in [-0.25, -0.2) is 0 Å². The first-order chi connectivity index (χ1) is 8.49.